The Labute approximate surface area is 234 Å². The van der Waals surface area contributed by atoms with Crippen molar-refractivity contribution < 1.29 is 19.0 Å². The maximum absolute atomic E-state index is 12.2. The van der Waals surface area contributed by atoms with E-state index in [9.17, 15) is 4.79 Å². The van der Waals surface area contributed by atoms with Crippen molar-refractivity contribution >= 4 is 6.16 Å². The Balaban J connectivity index is 1.85. The molecule has 3 unspecified atom stereocenters. The Morgan fingerprint density at radius 2 is 1.47 bits per heavy atom. The van der Waals surface area contributed by atoms with E-state index in [1.54, 1.807) is 0 Å². The lowest BCUT2D eigenvalue weighted by atomic mass is 9.83. The van der Waals surface area contributed by atoms with Crippen LogP contribution in [0.15, 0.2) is 0 Å². The predicted octanol–water partition coefficient (Wildman–Crippen LogP) is 10.5. The molecule has 0 fully saturated rings. The van der Waals surface area contributed by atoms with Gasteiger partial charge in [-0.3, -0.25) is 0 Å². The summed E-state index contributed by atoms with van der Waals surface area (Å²) in [5.41, 5.74) is 4.08. The number of benzene rings is 1. The minimum atomic E-state index is -0.611. The van der Waals surface area contributed by atoms with Gasteiger partial charge in [0.05, 0.1) is 6.61 Å². The second-order valence-corrected chi connectivity index (χ2v) is 13.0. The van der Waals surface area contributed by atoms with E-state index in [0.717, 1.165) is 72.3 Å². The van der Waals surface area contributed by atoms with Crippen LogP contribution >= 0.6 is 0 Å². The zero-order valence-electron chi connectivity index (χ0n) is 26.3. The molecule has 0 saturated carbocycles. The number of unbranched alkanes of at least 4 members (excludes halogenated alkanes) is 1. The molecule has 38 heavy (non-hydrogen) atoms. The van der Waals surface area contributed by atoms with Gasteiger partial charge in [0.2, 0.25) is 0 Å². The molecule has 1 aromatic carbocycles. The summed E-state index contributed by atoms with van der Waals surface area (Å²) >= 11 is 0. The second-order valence-electron chi connectivity index (χ2n) is 13.0. The molecule has 0 N–H and O–H groups in total. The fourth-order valence-corrected chi connectivity index (χ4v) is 5.83. The summed E-state index contributed by atoms with van der Waals surface area (Å²) in [5.74, 6) is 4.11. The number of rotatable bonds is 16. The van der Waals surface area contributed by atoms with Gasteiger partial charge in [0.1, 0.15) is 17.1 Å². The molecule has 4 nitrogen and oxygen atoms in total. The average Bonchev–Trinajstić information content (AvgIpc) is 2.85. The van der Waals surface area contributed by atoms with Crippen LogP contribution in [0.4, 0.5) is 4.79 Å². The normalized spacial score (nSPS) is 18.6. The summed E-state index contributed by atoms with van der Waals surface area (Å²) in [7, 11) is 0. The summed E-state index contributed by atoms with van der Waals surface area (Å²) in [5, 5.41) is 0. The van der Waals surface area contributed by atoms with Crippen molar-refractivity contribution in [2.75, 3.05) is 6.61 Å². The van der Waals surface area contributed by atoms with Crippen molar-refractivity contribution in [2.45, 2.75) is 151 Å². The molecule has 0 aliphatic carbocycles. The molecule has 3 atom stereocenters. The fraction of sp³-hybridized carbons (Fsp3) is 0.794. The first-order valence-corrected chi connectivity index (χ1v) is 15.6. The molecule has 0 saturated heterocycles. The van der Waals surface area contributed by atoms with Crippen LogP contribution in [-0.4, -0.2) is 18.4 Å². The second kappa shape index (κ2) is 15.8. The van der Waals surface area contributed by atoms with Crippen LogP contribution in [-0.2, 0) is 11.2 Å². The first-order chi connectivity index (χ1) is 18.0. The van der Waals surface area contributed by atoms with E-state index in [0.29, 0.717) is 12.4 Å². The standard InChI is InChI=1S/C34H58O4/c1-10-11-23-36-33(35)37-31-27(6)28(7)32-30(29(31)8)20-22-34(9,38-32)21-14-19-26(5)18-13-17-25(4)16-12-15-24(2)3/h24-26H,10-23H2,1-9H3. The molecule has 1 aliphatic heterocycles. The van der Waals surface area contributed by atoms with Gasteiger partial charge in [-0.05, 0) is 94.2 Å². The average molecular weight is 531 g/mol. The topological polar surface area (TPSA) is 44.8 Å². The first-order valence-electron chi connectivity index (χ1n) is 15.6. The fourth-order valence-electron chi connectivity index (χ4n) is 5.83. The Hall–Kier alpha value is -1.71. The zero-order valence-corrected chi connectivity index (χ0v) is 26.3. The summed E-state index contributed by atoms with van der Waals surface area (Å²) in [6.45, 7) is 20.4. The van der Waals surface area contributed by atoms with Gasteiger partial charge in [-0.1, -0.05) is 86.0 Å². The number of ether oxygens (including phenoxy) is 3. The lowest BCUT2D eigenvalue weighted by Gasteiger charge is -2.38. The van der Waals surface area contributed by atoms with E-state index in [2.05, 4.69) is 48.5 Å². The minimum absolute atomic E-state index is 0.136. The Morgan fingerprint density at radius 3 is 2.08 bits per heavy atom. The number of hydrogen-bond acceptors (Lipinski definition) is 4. The molecule has 4 heteroatoms. The van der Waals surface area contributed by atoms with Crippen molar-refractivity contribution in [1.29, 1.82) is 0 Å². The Kier molecular flexibility index (Phi) is 13.5. The van der Waals surface area contributed by atoms with Gasteiger partial charge in [-0.25, -0.2) is 4.79 Å². The van der Waals surface area contributed by atoms with E-state index in [1.807, 2.05) is 13.8 Å². The quantitative estimate of drug-likeness (QED) is 0.121. The third kappa shape index (κ3) is 10.1. The SMILES string of the molecule is CCCCOC(=O)Oc1c(C)c(C)c2c(c1C)CCC(C)(CCCC(C)CCCC(C)CCCC(C)C)O2. The van der Waals surface area contributed by atoms with Crippen LogP contribution in [0.1, 0.15) is 141 Å². The molecule has 0 spiro atoms. The molecule has 0 radical (unpaired) electrons. The minimum Gasteiger partial charge on any atom is -0.487 e. The molecular weight excluding hydrogens is 472 g/mol. The zero-order chi connectivity index (χ0) is 28.3. The Morgan fingerprint density at radius 1 is 0.868 bits per heavy atom. The number of fused-ring (bicyclic) bond motifs is 1. The molecule has 2 rings (SSSR count). The van der Waals surface area contributed by atoms with Crippen LogP contribution in [0, 0.1) is 38.5 Å². The number of carbonyl (C=O) groups excluding carboxylic acids is 1. The highest BCUT2D eigenvalue weighted by molar-refractivity contribution is 5.68. The molecule has 0 amide bonds. The lowest BCUT2D eigenvalue weighted by Crippen LogP contribution is -2.37. The molecule has 218 valence electrons. The van der Waals surface area contributed by atoms with Crippen molar-refractivity contribution in [3.8, 4) is 11.5 Å². The van der Waals surface area contributed by atoms with Crippen LogP contribution in [0.2, 0.25) is 0 Å². The maximum Gasteiger partial charge on any atom is 0.513 e. The van der Waals surface area contributed by atoms with Gasteiger partial charge in [-0.15, -0.1) is 0 Å². The van der Waals surface area contributed by atoms with Crippen LogP contribution in [0.5, 0.6) is 11.5 Å². The van der Waals surface area contributed by atoms with Gasteiger partial charge in [0.25, 0.3) is 0 Å². The molecule has 0 aromatic heterocycles. The monoisotopic (exact) mass is 530 g/mol. The maximum atomic E-state index is 12.2. The van der Waals surface area contributed by atoms with Gasteiger partial charge in [0.15, 0.2) is 0 Å². The third-order valence-electron chi connectivity index (χ3n) is 8.74. The first kappa shape index (κ1) is 32.5. The molecular formula is C34H58O4. The van der Waals surface area contributed by atoms with Crippen molar-refractivity contribution in [2.24, 2.45) is 17.8 Å². The predicted molar refractivity (Wildman–Crippen MR) is 160 cm³/mol. The smallest absolute Gasteiger partial charge is 0.487 e. The van der Waals surface area contributed by atoms with Gasteiger partial charge < -0.3 is 14.2 Å². The van der Waals surface area contributed by atoms with Crippen LogP contribution < -0.4 is 9.47 Å². The molecule has 0 bridgehead atoms. The van der Waals surface area contributed by atoms with Gasteiger partial charge >= 0.3 is 6.16 Å². The van der Waals surface area contributed by atoms with E-state index in [4.69, 9.17) is 14.2 Å². The van der Waals surface area contributed by atoms with Crippen molar-refractivity contribution in [3.63, 3.8) is 0 Å². The van der Waals surface area contributed by atoms with E-state index >= 15 is 0 Å². The van der Waals surface area contributed by atoms with Crippen molar-refractivity contribution in [3.05, 3.63) is 22.3 Å². The Bertz CT molecular complexity index is 874. The highest BCUT2D eigenvalue weighted by atomic mass is 16.7. The molecule has 1 aliphatic rings. The summed E-state index contributed by atoms with van der Waals surface area (Å²) in [6.07, 6.45) is 14.9. The van der Waals surface area contributed by atoms with Gasteiger partial charge in [-0.2, -0.15) is 0 Å². The molecule has 1 aromatic rings. The van der Waals surface area contributed by atoms with Gasteiger partial charge in [0, 0.05) is 5.56 Å². The van der Waals surface area contributed by atoms with E-state index in [1.165, 1.54) is 56.9 Å². The molecule has 1 heterocycles. The van der Waals surface area contributed by atoms with Crippen LogP contribution in [0.25, 0.3) is 0 Å². The number of carbonyl (C=O) groups is 1. The summed E-state index contributed by atoms with van der Waals surface area (Å²) in [6, 6.07) is 0. The highest BCUT2D eigenvalue weighted by Gasteiger charge is 2.35. The van der Waals surface area contributed by atoms with Crippen LogP contribution in [0.3, 0.4) is 0 Å². The summed E-state index contributed by atoms with van der Waals surface area (Å²) in [4.78, 5) is 12.2. The summed E-state index contributed by atoms with van der Waals surface area (Å²) < 4.78 is 17.6. The number of hydrogen-bond donors (Lipinski definition) is 0. The van der Waals surface area contributed by atoms with E-state index in [-0.39, 0.29) is 5.60 Å². The van der Waals surface area contributed by atoms with E-state index < -0.39 is 6.16 Å². The highest BCUT2D eigenvalue weighted by Crippen LogP contribution is 2.45. The third-order valence-corrected chi connectivity index (χ3v) is 8.74. The largest absolute Gasteiger partial charge is 0.513 e. The van der Waals surface area contributed by atoms with Crippen molar-refractivity contribution in [1.82, 2.24) is 0 Å². The lowest BCUT2D eigenvalue weighted by molar-refractivity contribution is 0.0509.